The molecule has 27 heavy (non-hydrogen) atoms. The van der Waals surface area contributed by atoms with Gasteiger partial charge in [-0.2, -0.15) is 0 Å². The van der Waals surface area contributed by atoms with Crippen LogP contribution in [0.15, 0.2) is 53.4 Å². The van der Waals surface area contributed by atoms with Crippen LogP contribution in [-0.2, 0) is 14.3 Å². The van der Waals surface area contributed by atoms with E-state index >= 15 is 0 Å². The van der Waals surface area contributed by atoms with Crippen LogP contribution in [0, 0.1) is 0 Å². The van der Waals surface area contributed by atoms with Crippen molar-refractivity contribution >= 4 is 35.4 Å². The molecule has 6 nitrogen and oxygen atoms in total. The largest absolute Gasteiger partial charge is 0.493 e. The number of carbonyl (C=O) groups is 2. The van der Waals surface area contributed by atoms with E-state index in [2.05, 4.69) is 10.1 Å². The van der Waals surface area contributed by atoms with Crippen molar-refractivity contribution < 1.29 is 23.8 Å². The average molecular weight is 387 g/mol. The van der Waals surface area contributed by atoms with Crippen LogP contribution in [0.5, 0.6) is 11.5 Å². The van der Waals surface area contributed by atoms with Gasteiger partial charge >= 0.3 is 5.97 Å². The van der Waals surface area contributed by atoms with Crippen LogP contribution in [0.4, 0.5) is 5.69 Å². The van der Waals surface area contributed by atoms with Gasteiger partial charge in [0.1, 0.15) is 0 Å². The second-order valence-electron chi connectivity index (χ2n) is 5.34. The van der Waals surface area contributed by atoms with Crippen LogP contribution in [0.2, 0.25) is 0 Å². The molecule has 0 heterocycles. The van der Waals surface area contributed by atoms with Gasteiger partial charge in [0.05, 0.1) is 14.2 Å². The number of benzene rings is 2. The minimum atomic E-state index is -0.448. The molecule has 0 atom stereocenters. The first-order chi connectivity index (χ1) is 13.0. The Morgan fingerprint density at radius 2 is 1.93 bits per heavy atom. The van der Waals surface area contributed by atoms with E-state index in [4.69, 9.17) is 9.47 Å². The summed E-state index contributed by atoms with van der Waals surface area (Å²) in [5.41, 5.74) is 1.45. The fraction of sp³-hybridized carbons (Fsp3) is 0.200. The molecule has 0 unspecified atom stereocenters. The lowest BCUT2D eigenvalue weighted by molar-refractivity contribution is -0.134. The quantitative estimate of drug-likeness (QED) is 0.424. The number of thioether (sulfide) groups is 1. The van der Waals surface area contributed by atoms with E-state index in [1.54, 1.807) is 36.0 Å². The minimum absolute atomic E-state index is 0.156. The SMILES string of the molecule is COC(=O)/C=C/c1ccc(OCC(=O)Nc2cccc(SC)c2)c(OC)c1. The van der Waals surface area contributed by atoms with Crippen LogP contribution in [0.25, 0.3) is 6.08 Å². The number of hydrogen-bond acceptors (Lipinski definition) is 6. The summed E-state index contributed by atoms with van der Waals surface area (Å²) in [4.78, 5) is 24.3. The third-order valence-electron chi connectivity index (χ3n) is 3.51. The average Bonchev–Trinajstić information content (AvgIpc) is 2.70. The second-order valence-corrected chi connectivity index (χ2v) is 6.22. The van der Waals surface area contributed by atoms with Gasteiger partial charge in [0, 0.05) is 16.7 Å². The lowest BCUT2D eigenvalue weighted by atomic mass is 10.2. The zero-order chi connectivity index (χ0) is 19.6. The maximum absolute atomic E-state index is 12.1. The molecule has 1 amide bonds. The number of ether oxygens (including phenoxy) is 3. The highest BCUT2D eigenvalue weighted by Gasteiger charge is 2.09. The molecule has 2 aromatic carbocycles. The Morgan fingerprint density at radius 3 is 2.63 bits per heavy atom. The Hall–Kier alpha value is -2.93. The summed E-state index contributed by atoms with van der Waals surface area (Å²) >= 11 is 1.60. The van der Waals surface area contributed by atoms with E-state index in [0.29, 0.717) is 17.2 Å². The van der Waals surface area contributed by atoms with Crippen molar-refractivity contribution in [2.24, 2.45) is 0 Å². The van der Waals surface area contributed by atoms with E-state index < -0.39 is 5.97 Å². The highest BCUT2D eigenvalue weighted by atomic mass is 32.2. The first-order valence-corrected chi connectivity index (χ1v) is 9.29. The Balaban J connectivity index is 1.98. The maximum Gasteiger partial charge on any atom is 0.330 e. The lowest BCUT2D eigenvalue weighted by Crippen LogP contribution is -2.20. The van der Waals surface area contributed by atoms with Crippen molar-refractivity contribution in [2.45, 2.75) is 4.90 Å². The number of methoxy groups -OCH3 is 2. The Morgan fingerprint density at radius 1 is 1.11 bits per heavy atom. The van der Waals surface area contributed by atoms with Gasteiger partial charge in [-0.3, -0.25) is 4.79 Å². The highest BCUT2D eigenvalue weighted by Crippen LogP contribution is 2.28. The Labute approximate surface area is 162 Å². The normalized spacial score (nSPS) is 10.5. The Bertz CT molecular complexity index is 835. The van der Waals surface area contributed by atoms with Crippen molar-refractivity contribution in [3.8, 4) is 11.5 Å². The molecule has 0 aliphatic heterocycles. The van der Waals surface area contributed by atoms with Gasteiger partial charge in [0.15, 0.2) is 18.1 Å². The molecule has 7 heteroatoms. The molecular weight excluding hydrogens is 366 g/mol. The zero-order valence-electron chi connectivity index (χ0n) is 15.4. The minimum Gasteiger partial charge on any atom is -0.493 e. The fourth-order valence-electron chi connectivity index (χ4n) is 2.18. The van der Waals surface area contributed by atoms with E-state index in [9.17, 15) is 9.59 Å². The third kappa shape index (κ3) is 6.38. The molecule has 0 fully saturated rings. The van der Waals surface area contributed by atoms with Crippen molar-refractivity contribution in [1.82, 2.24) is 0 Å². The van der Waals surface area contributed by atoms with Crippen LogP contribution in [-0.4, -0.2) is 39.0 Å². The molecule has 0 saturated carbocycles. The van der Waals surface area contributed by atoms with Gasteiger partial charge in [-0.25, -0.2) is 4.79 Å². The van der Waals surface area contributed by atoms with E-state index in [1.165, 1.54) is 20.3 Å². The highest BCUT2D eigenvalue weighted by molar-refractivity contribution is 7.98. The van der Waals surface area contributed by atoms with Gasteiger partial charge in [-0.1, -0.05) is 12.1 Å². The number of nitrogens with one attached hydrogen (secondary N) is 1. The summed E-state index contributed by atoms with van der Waals surface area (Å²) in [5.74, 6) is 0.168. The van der Waals surface area contributed by atoms with Crippen molar-refractivity contribution in [3.05, 3.63) is 54.1 Å². The summed E-state index contributed by atoms with van der Waals surface area (Å²) in [6.07, 6.45) is 4.88. The topological polar surface area (TPSA) is 73.9 Å². The summed E-state index contributed by atoms with van der Waals surface area (Å²) in [6.45, 7) is -0.156. The van der Waals surface area contributed by atoms with Crippen molar-refractivity contribution in [3.63, 3.8) is 0 Å². The first kappa shape index (κ1) is 20.4. The molecule has 0 saturated heterocycles. The second kappa shape index (κ2) is 10.3. The summed E-state index contributed by atoms with van der Waals surface area (Å²) in [5, 5.41) is 2.79. The smallest absolute Gasteiger partial charge is 0.330 e. The number of amides is 1. The first-order valence-electron chi connectivity index (χ1n) is 8.06. The van der Waals surface area contributed by atoms with Crippen LogP contribution >= 0.6 is 11.8 Å². The summed E-state index contributed by atoms with van der Waals surface area (Å²) in [7, 11) is 2.82. The summed E-state index contributed by atoms with van der Waals surface area (Å²) in [6, 6.07) is 12.7. The number of carbonyl (C=O) groups excluding carboxylic acids is 2. The molecule has 0 aliphatic carbocycles. The van der Waals surface area contributed by atoms with Crippen LogP contribution in [0.3, 0.4) is 0 Å². The zero-order valence-corrected chi connectivity index (χ0v) is 16.2. The molecule has 1 N–H and O–H groups in total. The van der Waals surface area contributed by atoms with E-state index in [0.717, 1.165) is 10.5 Å². The van der Waals surface area contributed by atoms with Crippen molar-refractivity contribution in [2.75, 3.05) is 32.4 Å². The number of rotatable bonds is 8. The van der Waals surface area contributed by atoms with Gasteiger partial charge < -0.3 is 19.5 Å². The molecule has 2 rings (SSSR count). The van der Waals surface area contributed by atoms with Gasteiger partial charge in [-0.15, -0.1) is 11.8 Å². The molecule has 0 spiro atoms. The number of hydrogen-bond donors (Lipinski definition) is 1. The summed E-state index contributed by atoms with van der Waals surface area (Å²) < 4.78 is 15.4. The van der Waals surface area contributed by atoms with E-state index in [1.807, 2.05) is 30.5 Å². The van der Waals surface area contributed by atoms with Crippen LogP contribution in [0.1, 0.15) is 5.56 Å². The molecule has 0 radical (unpaired) electrons. The third-order valence-corrected chi connectivity index (χ3v) is 4.24. The lowest BCUT2D eigenvalue weighted by Gasteiger charge is -2.12. The van der Waals surface area contributed by atoms with Gasteiger partial charge in [-0.05, 0) is 48.2 Å². The van der Waals surface area contributed by atoms with Crippen molar-refractivity contribution in [1.29, 1.82) is 0 Å². The molecule has 0 bridgehead atoms. The fourth-order valence-corrected chi connectivity index (χ4v) is 2.64. The van der Waals surface area contributed by atoms with Gasteiger partial charge in [0.2, 0.25) is 0 Å². The molecule has 2 aromatic rings. The molecule has 0 aromatic heterocycles. The predicted molar refractivity (Wildman–Crippen MR) is 106 cm³/mol. The predicted octanol–water partition coefficient (Wildman–Crippen LogP) is 3.62. The van der Waals surface area contributed by atoms with Crippen LogP contribution < -0.4 is 14.8 Å². The van der Waals surface area contributed by atoms with Gasteiger partial charge in [0.25, 0.3) is 5.91 Å². The maximum atomic E-state index is 12.1. The molecule has 0 aliphatic rings. The molecular formula is C20H21NO5S. The van der Waals surface area contributed by atoms with E-state index in [-0.39, 0.29) is 12.5 Å². The number of anilines is 1. The standard InChI is InChI=1S/C20H21NO5S/c1-24-18-11-14(8-10-20(23)25-2)7-9-17(18)26-13-19(22)21-15-5-4-6-16(12-15)27-3/h4-12H,13H2,1-3H3,(H,21,22)/b10-8+. The molecule has 142 valence electrons. The Kier molecular flexibility index (Phi) is 7.76. The monoisotopic (exact) mass is 387 g/mol. The number of esters is 1.